The Bertz CT molecular complexity index is 460. The fourth-order valence-electron chi connectivity index (χ4n) is 2.67. The Kier molecular flexibility index (Phi) is 9.80. The lowest BCUT2D eigenvalue weighted by atomic mass is 10.1. The first-order chi connectivity index (χ1) is 11.4. The number of rotatable bonds is 11. The second-order valence-corrected chi connectivity index (χ2v) is 8.56. The summed E-state index contributed by atoms with van der Waals surface area (Å²) in [7, 11) is -3.30. The van der Waals surface area contributed by atoms with Crippen LogP contribution in [0, 0.1) is 0 Å². The highest BCUT2D eigenvalue weighted by molar-refractivity contribution is 7.89. The standard InChI is InChI=1S/C16H33N3O4S/c1-15(2)23-13-14-24(21,22)19-11-9-18(10-12-19)16(20)7-5-3-4-6-8-17/h15H,3-14,17H2,1-2H3. The summed E-state index contributed by atoms with van der Waals surface area (Å²) in [4.78, 5) is 13.9. The van der Waals surface area contributed by atoms with Gasteiger partial charge in [-0.15, -0.1) is 0 Å². The van der Waals surface area contributed by atoms with Gasteiger partial charge in [0.1, 0.15) is 0 Å². The lowest BCUT2D eigenvalue weighted by Crippen LogP contribution is -2.51. The minimum absolute atomic E-state index is 0.000267. The molecular formula is C16H33N3O4S. The van der Waals surface area contributed by atoms with Crippen LogP contribution in [0.5, 0.6) is 0 Å². The molecular weight excluding hydrogens is 330 g/mol. The molecule has 0 atom stereocenters. The zero-order valence-corrected chi connectivity index (χ0v) is 15.9. The predicted molar refractivity (Wildman–Crippen MR) is 95.2 cm³/mol. The number of sulfonamides is 1. The van der Waals surface area contributed by atoms with Gasteiger partial charge in [-0.1, -0.05) is 12.8 Å². The predicted octanol–water partition coefficient (Wildman–Crippen LogP) is 0.795. The summed E-state index contributed by atoms with van der Waals surface area (Å²) in [5.74, 6) is 0.128. The first-order valence-electron chi connectivity index (χ1n) is 8.94. The van der Waals surface area contributed by atoms with Crippen molar-refractivity contribution in [3.63, 3.8) is 0 Å². The Hall–Kier alpha value is -0.700. The van der Waals surface area contributed by atoms with E-state index >= 15 is 0 Å². The molecule has 8 heteroatoms. The quantitative estimate of drug-likeness (QED) is 0.548. The number of unbranched alkanes of at least 4 members (excludes halogenated alkanes) is 3. The van der Waals surface area contributed by atoms with Crippen LogP contribution in [0.1, 0.15) is 46.0 Å². The van der Waals surface area contributed by atoms with E-state index in [-0.39, 0.29) is 24.4 Å². The second kappa shape index (κ2) is 11.0. The van der Waals surface area contributed by atoms with E-state index in [4.69, 9.17) is 10.5 Å². The molecule has 1 rings (SSSR count). The van der Waals surface area contributed by atoms with E-state index in [2.05, 4.69) is 0 Å². The number of piperazine rings is 1. The maximum Gasteiger partial charge on any atom is 0.222 e. The van der Waals surface area contributed by atoms with Crippen molar-refractivity contribution in [1.82, 2.24) is 9.21 Å². The van der Waals surface area contributed by atoms with Gasteiger partial charge in [0, 0.05) is 32.6 Å². The summed E-state index contributed by atoms with van der Waals surface area (Å²) in [6.07, 6.45) is 4.54. The minimum Gasteiger partial charge on any atom is -0.378 e. The number of hydrogen-bond donors (Lipinski definition) is 1. The normalized spacial score (nSPS) is 16.8. The molecule has 142 valence electrons. The molecule has 7 nitrogen and oxygen atoms in total. The number of carbonyl (C=O) groups is 1. The SMILES string of the molecule is CC(C)OCCS(=O)(=O)N1CCN(C(=O)CCCCCCN)CC1. The maximum atomic E-state index is 12.2. The van der Waals surface area contributed by atoms with E-state index in [0.29, 0.717) is 39.1 Å². The van der Waals surface area contributed by atoms with Crippen LogP contribution >= 0.6 is 0 Å². The van der Waals surface area contributed by atoms with Crippen LogP contribution in [0.25, 0.3) is 0 Å². The molecule has 1 amide bonds. The van der Waals surface area contributed by atoms with Crippen molar-refractivity contribution in [1.29, 1.82) is 0 Å². The van der Waals surface area contributed by atoms with Crippen LogP contribution in [-0.4, -0.2) is 74.7 Å². The van der Waals surface area contributed by atoms with Crippen molar-refractivity contribution in [3.8, 4) is 0 Å². The molecule has 1 aliphatic rings. The second-order valence-electron chi connectivity index (χ2n) is 6.47. The van der Waals surface area contributed by atoms with Gasteiger partial charge in [-0.2, -0.15) is 4.31 Å². The van der Waals surface area contributed by atoms with E-state index in [1.165, 1.54) is 4.31 Å². The van der Waals surface area contributed by atoms with Crippen molar-refractivity contribution in [2.45, 2.75) is 52.1 Å². The van der Waals surface area contributed by atoms with Gasteiger partial charge in [0.15, 0.2) is 0 Å². The summed E-state index contributed by atoms with van der Waals surface area (Å²) in [6, 6.07) is 0. The number of nitrogens with two attached hydrogens (primary N) is 1. The first kappa shape index (κ1) is 21.3. The van der Waals surface area contributed by atoms with Crippen LogP contribution in [0.2, 0.25) is 0 Å². The average molecular weight is 364 g/mol. The molecule has 0 aromatic heterocycles. The molecule has 0 spiro atoms. The van der Waals surface area contributed by atoms with E-state index in [9.17, 15) is 13.2 Å². The lowest BCUT2D eigenvalue weighted by molar-refractivity contribution is -0.132. The van der Waals surface area contributed by atoms with Gasteiger partial charge < -0.3 is 15.4 Å². The summed E-state index contributed by atoms with van der Waals surface area (Å²) >= 11 is 0. The molecule has 1 saturated heterocycles. The van der Waals surface area contributed by atoms with Gasteiger partial charge in [0.05, 0.1) is 18.5 Å². The van der Waals surface area contributed by atoms with Crippen LogP contribution in [0.3, 0.4) is 0 Å². The molecule has 24 heavy (non-hydrogen) atoms. The van der Waals surface area contributed by atoms with E-state index in [0.717, 1.165) is 25.7 Å². The molecule has 2 N–H and O–H groups in total. The van der Waals surface area contributed by atoms with Crippen molar-refractivity contribution in [3.05, 3.63) is 0 Å². The highest BCUT2D eigenvalue weighted by Crippen LogP contribution is 2.11. The van der Waals surface area contributed by atoms with Gasteiger partial charge in [0.2, 0.25) is 15.9 Å². The Morgan fingerprint density at radius 3 is 2.29 bits per heavy atom. The molecule has 1 fully saturated rings. The number of nitrogens with zero attached hydrogens (tertiary/aromatic N) is 2. The molecule has 0 aromatic rings. The third-order valence-electron chi connectivity index (χ3n) is 4.12. The minimum atomic E-state index is -3.30. The van der Waals surface area contributed by atoms with Crippen LogP contribution in [-0.2, 0) is 19.6 Å². The van der Waals surface area contributed by atoms with Crippen molar-refractivity contribution < 1.29 is 17.9 Å². The van der Waals surface area contributed by atoms with E-state index in [1.807, 2.05) is 13.8 Å². The molecule has 1 aliphatic heterocycles. The summed E-state index contributed by atoms with van der Waals surface area (Å²) < 4.78 is 31.3. The summed E-state index contributed by atoms with van der Waals surface area (Å²) in [5, 5.41) is 0. The molecule has 1 heterocycles. The summed E-state index contributed by atoms with van der Waals surface area (Å²) in [6.45, 7) is 6.39. The smallest absolute Gasteiger partial charge is 0.222 e. The molecule has 0 radical (unpaired) electrons. The Labute approximate surface area is 146 Å². The molecule has 0 saturated carbocycles. The van der Waals surface area contributed by atoms with E-state index < -0.39 is 10.0 Å². The topological polar surface area (TPSA) is 92.9 Å². The third kappa shape index (κ3) is 7.92. The number of hydrogen-bond acceptors (Lipinski definition) is 5. The van der Waals surface area contributed by atoms with Crippen molar-refractivity contribution in [2.75, 3.05) is 45.1 Å². The first-order valence-corrected chi connectivity index (χ1v) is 10.5. The third-order valence-corrected chi connectivity index (χ3v) is 5.96. The maximum absolute atomic E-state index is 12.2. The Morgan fingerprint density at radius 2 is 1.71 bits per heavy atom. The monoisotopic (exact) mass is 363 g/mol. The zero-order chi connectivity index (χ0) is 18.0. The van der Waals surface area contributed by atoms with Gasteiger partial charge in [-0.3, -0.25) is 4.79 Å². The van der Waals surface area contributed by atoms with Gasteiger partial charge in [-0.25, -0.2) is 8.42 Å². The number of amides is 1. The fourth-order valence-corrected chi connectivity index (χ4v) is 3.95. The highest BCUT2D eigenvalue weighted by Gasteiger charge is 2.28. The summed E-state index contributed by atoms with van der Waals surface area (Å²) in [5.41, 5.74) is 5.44. The number of carbonyl (C=O) groups excluding carboxylic acids is 1. The molecule has 0 bridgehead atoms. The lowest BCUT2D eigenvalue weighted by Gasteiger charge is -2.34. The van der Waals surface area contributed by atoms with Gasteiger partial charge in [-0.05, 0) is 33.2 Å². The van der Waals surface area contributed by atoms with Gasteiger partial charge >= 0.3 is 0 Å². The van der Waals surface area contributed by atoms with Crippen molar-refractivity contribution in [2.24, 2.45) is 5.73 Å². The van der Waals surface area contributed by atoms with Crippen LogP contribution in [0.15, 0.2) is 0 Å². The number of ether oxygens (including phenoxy) is 1. The van der Waals surface area contributed by atoms with Crippen LogP contribution in [0.4, 0.5) is 0 Å². The molecule has 0 unspecified atom stereocenters. The zero-order valence-electron chi connectivity index (χ0n) is 15.1. The fraction of sp³-hybridized carbons (Fsp3) is 0.938. The van der Waals surface area contributed by atoms with Crippen LogP contribution < -0.4 is 5.73 Å². The molecule has 0 aromatic carbocycles. The van der Waals surface area contributed by atoms with Crippen molar-refractivity contribution >= 4 is 15.9 Å². The van der Waals surface area contributed by atoms with Gasteiger partial charge in [0.25, 0.3) is 0 Å². The largest absolute Gasteiger partial charge is 0.378 e. The van der Waals surface area contributed by atoms with E-state index in [1.54, 1.807) is 4.90 Å². The Balaban J connectivity index is 2.28. The molecule has 0 aliphatic carbocycles. The average Bonchev–Trinajstić information content (AvgIpc) is 2.54. The Morgan fingerprint density at radius 1 is 1.08 bits per heavy atom. The highest BCUT2D eigenvalue weighted by atomic mass is 32.2.